The zero-order chi connectivity index (χ0) is 19.3. The van der Waals surface area contributed by atoms with Crippen LogP contribution in [0.3, 0.4) is 0 Å². The van der Waals surface area contributed by atoms with E-state index < -0.39 is 0 Å². The zero-order valence-electron chi connectivity index (χ0n) is 16.3. The predicted octanol–water partition coefficient (Wildman–Crippen LogP) is 5.36. The van der Waals surface area contributed by atoms with Gasteiger partial charge in [0.15, 0.2) is 0 Å². The van der Waals surface area contributed by atoms with Crippen LogP contribution in [0.1, 0.15) is 39.7 Å². The van der Waals surface area contributed by atoms with Crippen molar-refractivity contribution in [2.24, 2.45) is 5.92 Å². The Morgan fingerprint density at radius 1 is 0.893 bits per heavy atom. The summed E-state index contributed by atoms with van der Waals surface area (Å²) in [5.41, 5.74) is 7.66. The van der Waals surface area contributed by atoms with Crippen molar-refractivity contribution in [2.75, 3.05) is 18.5 Å². The first-order valence-electron chi connectivity index (χ1n) is 9.97. The molecular formula is C25H25NO2. The summed E-state index contributed by atoms with van der Waals surface area (Å²) in [6.45, 7) is 5.84. The second-order valence-electron chi connectivity index (χ2n) is 8.16. The molecule has 28 heavy (non-hydrogen) atoms. The molecule has 5 rings (SSSR count). The van der Waals surface area contributed by atoms with Crippen molar-refractivity contribution in [1.29, 1.82) is 0 Å². The third kappa shape index (κ3) is 2.82. The van der Waals surface area contributed by atoms with Crippen molar-refractivity contribution < 1.29 is 9.84 Å². The maximum absolute atomic E-state index is 9.93. The lowest BCUT2D eigenvalue weighted by atomic mass is 9.71. The van der Waals surface area contributed by atoms with Gasteiger partial charge >= 0.3 is 0 Å². The van der Waals surface area contributed by atoms with Crippen LogP contribution < -0.4 is 10.1 Å². The van der Waals surface area contributed by atoms with Crippen LogP contribution in [0.2, 0.25) is 0 Å². The maximum atomic E-state index is 9.93. The van der Waals surface area contributed by atoms with E-state index in [1.165, 1.54) is 33.5 Å². The standard InChI is InChI=1S/C25H25NO2/c1-15-3-6-17(7-4-15)25-20-10-8-18(27)12-24(20)28-14-22(25)21-13-26-23-11-16(2)5-9-19(21)23/h3-12,21-22,25-27H,13-14H2,1-2H3. The predicted molar refractivity (Wildman–Crippen MR) is 113 cm³/mol. The Morgan fingerprint density at radius 2 is 1.64 bits per heavy atom. The number of anilines is 1. The van der Waals surface area contributed by atoms with Crippen LogP contribution in [0.4, 0.5) is 5.69 Å². The number of hydrogen-bond donors (Lipinski definition) is 2. The summed E-state index contributed by atoms with van der Waals surface area (Å²) in [6, 6.07) is 21.1. The van der Waals surface area contributed by atoms with E-state index in [0.29, 0.717) is 18.4 Å². The largest absolute Gasteiger partial charge is 0.508 e. The molecule has 3 aromatic rings. The van der Waals surface area contributed by atoms with Crippen molar-refractivity contribution in [2.45, 2.75) is 25.7 Å². The number of nitrogens with one attached hydrogen (secondary N) is 1. The lowest BCUT2D eigenvalue weighted by Gasteiger charge is -2.37. The zero-order valence-corrected chi connectivity index (χ0v) is 16.3. The fourth-order valence-electron chi connectivity index (χ4n) is 4.83. The number of phenols is 1. The van der Waals surface area contributed by atoms with Crippen LogP contribution in [-0.4, -0.2) is 18.3 Å². The minimum Gasteiger partial charge on any atom is -0.508 e. The summed E-state index contributed by atoms with van der Waals surface area (Å²) in [5, 5.41) is 13.5. The molecule has 3 atom stereocenters. The average molecular weight is 371 g/mol. The van der Waals surface area contributed by atoms with Gasteiger partial charge in [0.1, 0.15) is 11.5 Å². The number of rotatable bonds is 2. The van der Waals surface area contributed by atoms with Crippen molar-refractivity contribution in [3.8, 4) is 11.5 Å². The molecule has 0 saturated carbocycles. The monoisotopic (exact) mass is 371 g/mol. The molecule has 0 amide bonds. The molecule has 0 spiro atoms. The summed E-state index contributed by atoms with van der Waals surface area (Å²) in [5.74, 6) is 2.02. The second kappa shape index (κ2) is 6.59. The lowest BCUT2D eigenvalue weighted by Crippen LogP contribution is -2.32. The van der Waals surface area contributed by atoms with Gasteiger partial charge in [0.25, 0.3) is 0 Å². The summed E-state index contributed by atoms with van der Waals surface area (Å²) in [7, 11) is 0. The summed E-state index contributed by atoms with van der Waals surface area (Å²) < 4.78 is 6.16. The van der Waals surface area contributed by atoms with E-state index >= 15 is 0 Å². The van der Waals surface area contributed by atoms with Gasteiger partial charge in [-0.05, 0) is 42.7 Å². The molecule has 142 valence electrons. The van der Waals surface area contributed by atoms with Gasteiger partial charge in [-0.1, -0.05) is 48.0 Å². The molecule has 3 nitrogen and oxygen atoms in total. The number of aromatic hydroxyl groups is 1. The molecule has 2 aliphatic rings. The molecule has 2 N–H and O–H groups in total. The maximum Gasteiger partial charge on any atom is 0.126 e. The first kappa shape index (κ1) is 17.2. The summed E-state index contributed by atoms with van der Waals surface area (Å²) in [4.78, 5) is 0. The topological polar surface area (TPSA) is 41.5 Å². The van der Waals surface area contributed by atoms with Gasteiger partial charge in [-0.25, -0.2) is 0 Å². The molecule has 0 saturated heterocycles. The van der Waals surface area contributed by atoms with Gasteiger partial charge in [0, 0.05) is 41.6 Å². The van der Waals surface area contributed by atoms with Gasteiger partial charge < -0.3 is 15.2 Å². The van der Waals surface area contributed by atoms with E-state index in [1.807, 2.05) is 6.07 Å². The molecule has 0 radical (unpaired) electrons. The molecule has 0 fully saturated rings. The van der Waals surface area contributed by atoms with Crippen LogP contribution in [0.25, 0.3) is 0 Å². The normalized spacial score (nSPS) is 22.7. The Bertz CT molecular complexity index is 1030. The lowest BCUT2D eigenvalue weighted by molar-refractivity contribution is 0.186. The Hall–Kier alpha value is -2.94. The number of aryl methyl sites for hydroxylation is 2. The third-order valence-electron chi connectivity index (χ3n) is 6.27. The van der Waals surface area contributed by atoms with Crippen LogP contribution in [0.15, 0.2) is 60.7 Å². The van der Waals surface area contributed by atoms with Crippen LogP contribution >= 0.6 is 0 Å². The third-order valence-corrected chi connectivity index (χ3v) is 6.27. The number of fused-ring (bicyclic) bond motifs is 2. The molecular weight excluding hydrogens is 346 g/mol. The quantitative estimate of drug-likeness (QED) is 0.637. The van der Waals surface area contributed by atoms with Crippen LogP contribution in [-0.2, 0) is 0 Å². The van der Waals surface area contributed by atoms with Crippen molar-refractivity contribution in [1.82, 2.24) is 0 Å². The minimum absolute atomic E-state index is 0.240. The smallest absolute Gasteiger partial charge is 0.126 e. The van der Waals surface area contributed by atoms with Crippen LogP contribution in [0.5, 0.6) is 11.5 Å². The highest BCUT2D eigenvalue weighted by Crippen LogP contribution is 2.50. The molecule has 3 aromatic carbocycles. The first-order chi connectivity index (χ1) is 13.6. The molecule has 0 aliphatic carbocycles. The SMILES string of the molecule is Cc1ccc(C2c3ccc(O)cc3OCC2C2CNc3cc(C)ccc32)cc1. The van der Waals surface area contributed by atoms with Gasteiger partial charge in [0.05, 0.1) is 6.61 Å². The number of ether oxygens (including phenoxy) is 1. The summed E-state index contributed by atoms with van der Waals surface area (Å²) in [6.07, 6.45) is 0. The molecule has 0 bridgehead atoms. The van der Waals surface area contributed by atoms with E-state index in [-0.39, 0.29) is 11.7 Å². The van der Waals surface area contributed by atoms with Gasteiger partial charge in [0.2, 0.25) is 0 Å². The average Bonchev–Trinajstić information content (AvgIpc) is 3.10. The number of hydrogen-bond acceptors (Lipinski definition) is 3. The highest BCUT2D eigenvalue weighted by Gasteiger charge is 2.40. The highest BCUT2D eigenvalue weighted by atomic mass is 16.5. The Balaban J connectivity index is 1.61. The Labute approximate surface area is 166 Å². The van der Waals surface area contributed by atoms with Gasteiger partial charge in [-0.3, -0.25) is 0 Å². The van der Waals surface area contributed by atoms with Crippen LogP contribution in [0, 0.1) is 19.8 Å². The minimum atomic E-state index is 0.240. The Kier molecular flexibility index (Phi) is 4.04. The van der Waals surface area contributed by atoms with Crippen molar-refractivity contribution in [3.63, 3.8) is 0 Å². The fraction of sp³-hybridized carbons (Fsp3) is 0.280. The second-order valence-corrected chi connectivity index (χ2v) is 8.16. The Morgan fingerprint density at radius 3 is 2.46 bits per heavy atom. The van der Waals surface area contributed by atoms with E-state index in [9.17, 15) is 5.11 Å². The summed E-state index contributed by atoms with van der Waals surface area (Å²) >= 11 is 0. The molecule has 2 aliphatic heterocycles. The van der Waals surface area contributed by atoms with E-state index in [2.05, 4.69) is 61.6 Å². The van der Waals surface area contributed by atoms with E-state index in [0.717, 1.165) is 12.3 Å². The van der Waals surface area contributed by atoms with Gasteiger partial charge in [-0.15, -0.1) is 0 Å². The number of phenolic OH excluding ortho intramolecular Hbond substituents is 1. The molecule has 2 heterocycles. The van der Waals surface area contributed by atoms with Gasteiger partial charge in [-0.2, -0.15) is 0 Å². The van der Waals surface area contributed by atoms with E-state index in [1.54, 1.807) is 12.1 Å². The fourth-order valence-corrected chi connectivity index (χ4v) is 4.83. The van der Waals surface area contributed by atoms with E-state index in [4.69, 9.17) is 4.74 Å². The van der Waals surface area contributed by atoms with Crippen molar-refractivity contribution in [3.05, 3.63) is 88.5 Å². The number of benzene rings is 3. The first-order valence-corrected chi connectivity index (χ1v) is 9.97. The van der Waals surface area contributed by atoms with Crippen molar-refractivity contribution >= 4 is 5.69 Å². The molecule has 3 heteroatoms. The molecule has 0 aromatic heterocycles. The highest BCUT2D eigenvalue weighted by molar-refractivity contribution is 5.60. The molecule has 3 unspecified atom stereocenters.